The van der Waals surface area contributed by atoms with E-state index in [0.29, 0.717) is 26.4 Å². The van der Waals surface area contributed by atoms with Crippen LogP contribution in [-0.4, -0.2) is 48.8 Å². The predicted molar refractivity (Wildman–Crippen MR) is 45.0 cm³/mol. The summed E-state index contributed by atoms with van der Waals surface area (Å²) in [6.07, 6.45) is -0.858. The van der Waals surface area contributed by atoms with E-state index in [1.54, 1.807) is 13.8 Å². The van der Waals surface area contributed by atoms with Crippen molar-refractivity contribution in [3.05, 3.63) is 0 Å². The van der Waals surface area contributed by atoms with Gasteiger partial charge in [0.1, 0.15) is 0 Å². The molecule has 0 saturated heterocycles. The molecule has 1 radical (unpaired) electrons. The summed E-state index contributed by atoms with van der Waals surface area (Å²) >= 11 is 0. The van der Waals surface area contributed by atoms with Gasteiger partial charge in [-0.3, -0.25) is 0 Å². The molecular weight excluding hydrogens is 249 g/mol. The first-order valence-corrected chi connectivity index (χ1v) is 4.14. The van der Waals surface area contributed by atoms with E-state index in [-0.39, 0.29) is 32.7 Å². The molecule has 0 aliphatic carbocycles. The topological polar surface area (TPSA) is 58.9 Å². The molecule has 0 aromatic heterocycles. The van der Waals surface area contributed by atoms with Crippen LogP contribution in [-0.2, 0) is 42.2 Å². The Morgan fingerprint density at radius 3 is 1.46 bits per heavy atom. The van der Waals surface area contributed by atoms with Gasteiger partial charge in [0.2, 0.25) is 0 Å². The maximum absolute atomic E-state index is 8.79. The number of aliphatic hydroxyl groups is 2. The van der Waals surface area contributed by atoms with Crippen molar-refractivity contribution in [2.24, 2.45) is 0 Å². The minimum atomic E-state index is -0.429. The summed E-state index contributed by atoms with van der Waals surface area (Å²) in [7, 11) is 0. The van der Waals surface area contributed by atoms with Crippen molar-refractivity contribution in [3.8, 4) is 0 Å². The molecule has 0 aliphatic rings. The first-order valence-electron chi connectivity index (χ1n) is 4.14. The molecule has 0 rings (SSSR count). The van der Waals surface area contributed by atoms with Crippen LogP contribution < -0.4 is 0 Å². The average Bonchev–Trinajstić information content (AvgIpc) is 1.95. The van der Waals surface area contributed by atoms with E-state index in [4.69, 9.17) is 19.7 Å². The van der Waals surface area contributed by atoms with E-state index in [1.165, 1.54) is 0 Å². The number of hydrogen-bond donors (Lipinski definition) is 2. The standard InChI is InChI=1S/C8H18O4.Y/c1-7(9)5-11-3-4-12-6-8(2)10;/h7-10H,3-6H2,1-2H3;. The second kappa shape index (κ2) is 11.0. The molecule has 4 nitrogen and oxygen atoms in total. The van der Waals surface area contributed by atoms with Crippen LogP contribution >= 0.6 is 0 Å². The SMILES string of the molecule is CC(O)COCCOCC(C)O.[Y]. The molecule has 0 aromatic carbocycles. The molecule has 0 heterocycles. The minimum Gasteiger partial charge on any atom is -0.391 e. The summed E-state index contributed by atoms with van der Waals surface area (Å²) in [4.78, 5) is 0. The van der Waals surface area contributed by atoms with Gasteiger partial charge in [0.25, 0.3) is 0 Å². The molecule has 13 heavy (non-hydrogen) atoms. The molecule has 0 amide bonds. The van der Waals surface area contributed by atoms with E-state index < -0.39 is 12.2 Å². The summed E-state index contributed by atoms with van der Waals surface area (Å²) in [6.45, 7) is 4.90. The van der Waals surface area contributed by atoms with Crippen LogP contribution in [0.15, 0.2) is 0 Å². The summed E-state index contributed by atoms with van der Waals surface area (Å²) in [5.74, 6) is 0. The molecule has 0 bridgehead atoms. The van der Waals surface area contributed by atoms with Crippen molar-refractivity contribution in [3.63, 3.8) is 0 Å². The minimum absolute atomic E-state index is 0. The Kier molecular flexibility index (Phi) is 13.9. The number of ether oxygens (including phenoxy) is 2. The molecule has 0 saturated carbocycles. The fraction of sp³-hybridized carbons (Fsp3) is 1.00. The molecule has 0 aliphatic heterocycles. The number of rotatable bonds is 7. The summed E-state index contributed by atoms with van der Waals surface area (Å²) in [6, 6.07) is 0. The quantitative estimate of drug-likeness (QED) is 0.626. The van der Waals surface area contributed by atoms with Gasteiger partial charge in [-0.1, -0.05) is 0 Å². The van der Waals surface area contributed by atoms with Crippen molar-refractivity contribution in [1.29, 1.82) is 0 Å². The third kappa shape index (κ3) is 15.7. The monoisotopic (exact) mass is 267 g/mol. The van der Waals surface area contributed by atoms with Crippen LogP contribution in [0.2, 0.25) is 0 Å². The van der Waals surface area contributed by atoms with Crippen LogP contribution in [0.1, 0.15) is 13.8 Å². The molecule has 0 aromatic rings. The van der Waals surface area contributed by atoms with Gasteiger partial charge in [0, 0.05) is 32.7 Å². The molecule has 2 unspecified atom stereocenters. The van der Waals surface area contributed by atoms with E-state index in [1.807, 2.05) is 0 Å². The van der Waals surface area contributed by atoms with Crippen LogP contribution in [0.4, 0.5) is 0 Å². The van der Waals surface area contributed by atoms with Crippen molar-refractivity contribution < 1.29 is 52.4 Å². The Hall–Kier alpha value is 0.944. The first-order chi connectivity index (χ1) is 5.63. The molecule has 2 N–H and O–H groups in total. The normalized spacial score (nSPS) is 14.8. The first kappa shape index (κ1) is 16.4. The zero-order valence-electron chi connectivity index (χ0n) is 8.27. The maximum atomic E-state index is 8.79. The Bertz CT molecular complexity index is 86.1. The van der Waals surface area contributed by atoms with Gasteiger partial charge in [-0.25, -0.2) is 0 Å². The second-order valence-corrected chi connectivity index (χ2v) is 2.85. The largest absolute Gasteiger partial charge is 0.391 e. The molecule has 0 fully saturated rings. The third-order valence-corrected chi connectivity index (χ3v) is 1.09. The zero-order chi connectivity index (χ0) is 9.40. The van der Waals surface area contributed by atoms with Crippen LogP contribution in [0.5, 0.6) is 0 Å². The fourth-order valence-corrected chi connectivity index (χ4v) is 0.626. The third-order valence-electron chi connectivity index (χ3n) is 1.09. The van der Waals surface area contributed by atoms with Gasteiger partial charge in [-0.2, -0.15) is 0 Å². The number of hydrogen-bond acceptors (Lipinski definition) is 4. The molecule has 77 valence electrons. The molecule has 5 heteroatoms. The fourth-order valence-electron chi connectivity index (χ4n) is 0.626. The van der Waals surface area contributed by atoms with Gasteiger partial charge in [-0.05, 0) is 13.8 Å². The Balaban J connectivity index is 0. The Labute approximate surface area is 104 Å². The van der Waals surface area contributed by atoms with Crippen molar-refractivity contribution in [1.82, 2.24) is 0 Å². The van der Waals surface area contributed by atoms with E-state index >= 15 is 0 Å². The van der Waals surface area contributed by atoms with E-state index in [0.717, 1.165) is 0 Å². The Morgan fingerprint density at radius 2 is 1.23 bits per heavy atom. The van der Waals surface area contributed by atoms with E-state index in [2.05, 4.69) is 0 Å². The average molecular weight is 267 g/mol. The van der Waals surface area contributed by atoms with Gasteiger partial charge in [0.15, 0.2) is 0 Å². The van der Waals surface area contributed by atoms with Crippen molar-refractivity contribution >= 4 is 0 Å². The second-order valence-electron chi connectivity index (χ2n) is 2.85. The summed E-state index contributed by atoms with van der Waals surface area (Å²) < 4.78 is 10.0. The summed E-state index contributed by atoms with van der Waals surface area (Å²) in [5, 5.41) is 17.6. The van der Waals surface area contributed by atoms with Gasteiger partial charge < -0.3 is 19.7 Å². The van der Waals surface area contributed by atoms with Crippen LogP contribution in [0.3, 0.4) is 0 Å². The van der Waals surface area contributed by atoms with Crippen LogP contribution in [0, 0.1) is 0 Å². The van der Waals surface area contributed by atoms with E-state index in [9.17, 15) is 0 Å². The summed E-state index contributed by atoms with van der Waals surface area (Å²) in [5.41, 5.74) is 0. The number of aliphatic hydroxyl groups excluding tert-OH is 2. The molecule has 2 atom stereocenters. The van der Waals surface area contributed by atoms with Gasteiger partial charge >= 0.3 is 0 Å². The Morgan fingerprint density at radius 1 is 0.923 bits per heavy atom. The predicted octanol–water partition coefficient (Wildman–Crippen LogP) is -0.221. The van der Waals surface area contributed by atoms with Crippen molar-refractivity contribution in [2.75, 3.05) is 26.4 Å². The van der Waals surface area contributed by atoms with Crippen molar-refractivity contribution in [2.45, 2.75) is 26.1 Å². The molecule has 0 spiro atoms. The molecular formula is C8H18O4Y. The maximum Gasteiger partial charge on any atom is 0.0745 e. The van der Waals surface area contributed by atoms with Crippen LogP contribution in [0.25, 0.3) is 0 Å². The van der Waals surface area contributed by atoms with Gasteiger partial charge in [0.05, 0.1) is 38.6 Å². The van der Waals surface area contributed by atoms with Gasteiger partial charge in [-0.15, -0.1) is 0 Å². The smallest absolute Gasteiger partial charge is 0.0745 e. The zero-order valence-corrected chi connectivity index (χ0v) is 11.1.